The molecule has 0 fully saturated rings. The summed E-state index contributed by atoms with van der Waals surface area (Å²) in [6.45, 7) is 5.77. The van der Waals surface area contributed by atoms with Crippen LogP contribution in [-0.2, 0) is 0 Å². The summed E-state index contributed by atoms with van der Waals surface area (Å²) >= 11 is 5.75. The van der Waals surface area contributed by atoms with Gasteiger partial charge >= 0.3 is 0 Å². The molecule has 17 heavy (non-hydrogen) atoms. The highest BCUT2D eigenvalue weighted by molar-refractivity contribution is 6.31. The molecule has 0 aliphatic heterocycles. The van der Waals surface area contributed by atoms with Gasteiger partial charge < -0.3 is 4.90 Å². The van der Waals surface area contributed by atoms with Crippen LogP contribution in [0.4, 0.5) is 8.78 Å². The van der Waals surface area contributed by atoms with E-state index in [0.717, 1.165) is 0 Å². The van der Waals surface area contributed by atoms with Gasteiger partial charge in [-0.2, -0.15) is 0 Å². The lowest BCUT2D eigenvalue weighted by molar-refractivity contribution is 0.0767. The van der Waals surface area contributed by atoms with Crippen molar-refractivity contribution in [2.75, 3.05) is 13.1 Å². The Bertz CT molecular complexity index is 445. The van der Waals surface area contributed by atoms with E-state index in [1.165, 1.54) is 17.9 Å². The summed E-state index contributed by atoms with van der Waals surface area (Å²) in [4.78, 5) is 13.3. The van der Waals surface area contributed by atoms with Crippen LogP contribution in [0.5, 0.6) is 0 Å². The van der Waals surface area contributed by atoms with E-state index >= 15 is 0 Å². The van der Waals surface area contributed by atoms with E-state index in [1.807, 2.05) is 0 Å². The maximum atomic E-state index is 13.6. The third-order valence-electron chi connectivity index (χ3n) is 2.67. The van der Waals surface area contributed by atoms with Gasteiger partial charge in [-0.3, -0.25) is 4.79 Å². The molecule has 1 aromatic carbocycles. The molecule has 0 atom stereocenters. The zero-order chi connectivity index (χ0) is 13.2. The molecule has 0 aliphatic rings. The predicted molar refractivity (Wildman–Crippen MR) is 63.4 cm³/mol. The number of benzene rings is 1. The van der Waals surface area contributed by atoms with Gasteiger partial charge in [0.05, 0.1) is 5.56 Å². The van der Waals surface area contributed by atoms with Crippen molar-refractivity contribution in [1.82, 2.24) is 4.90 Å². The van der Waals surface area contributed by atoms with Gasteiger partial charge in [0.1, 0.15) is 0 Å². The zero-order valence-electron chi connectivity index (χ0n) is 9.98. The molecule has 0 radical (unpaired) electrons. The van der Waals surface area contributed by atoms with Crippen LogP contribution in [0.2, 0.25) is 5.02 Å². The molecular formula is C12H14ClF2NO. The summed E-state index contributed by atoms with van der Waals surface area (Å²) in [5.41, 5.74) is -0.304. The fourth-order valence-corrected chi connectivity index (χ4v) is 1.71. The Kier molecular flexibility index (Phi) is 4.46. The first-order valence-electron chi connectivity index (χ1n) is 5.37. The van der Waals surface area contributed by atoms with Gasteiger partial charge in [0.15, 0.2) is 11.6 Å². The summed E-state index contributed by atoms with van der Waals surface area (Å²) in [5, 5.41) is 0.0550. The van der Waals surface area contributed by atoms with E-state index in [1.54, 1.807) is 13.8 Å². The Morgan fingerprint density at radius 3 is 2.29 bits per heavy atom. The minimum Gasteiger partial charge on any atom is -0.339 e. The van der Waals surface area contributed by atoms with Crippen LogP contribution in [0.15, 0.2) is 6.07 Å². The fourth-order valence-electron chi connectivity index (χ4n) is 1.52. The standard InChI is InChI=1S/C12H14ClF2NO/c1-4-16(5-2)12(17)8-6-9(13)7(3)10(14)11(8)15/h6H,4-5H2,1-3H3. The first kappa shape index (κ1) is 13.9. The van der Waals surface area contributed by atoms with Gasteiger partial charge in [-0.15, -0.1) is 0 Å². The number of hydrogen-bond acceptors (Lipinski definition) is 1. The lowest BCUT2D eigenvalue weighted by atomic mass is 10.1. The van der Waals surface area contributed by atoms with Crippen LogP contribution >= 0.6 is 11.6 Å². The topological polar surface area (TPSA) is 20.3 Å². The molecule has 2 nitrogen and oxygen atoms in total. The molecule has 5 heteroatoms. The van der Waals surface area contributed by atoms with Gasteiger partial charge in [-0.05, 0) is 26.8 Å². The van der Waals surface area contributed by atoms with Crippen LogP contribution in [-0.4, -0.2) is 23.9 Å². The molecule has 1 rings (SSSR count). The van der Waals surface area contributed by atoms with Crippen molar-refractivity contribution in [3.05, 3.63) is 33.9 Å². The molecule has 0 aromatic heterocycles. The Hall–Kier alpha value is -1.16. The highest BCUT2D eigenvalue weighted by Gasteiger charge is 2.22. The number of carbonyl (C=O) groups is 1. The van der Waals surface area contributed by atoms with E-state index in [-0.39, 0.29) is 16.1 Å². The molecule has 0 heterocycles. The number of hydrogen-bond donors (Lipinski definition) is 0. The van der Waals surface area contributed by atoms with Crippen molar-refractivity contribution in [2.45, 2.75) is 20.8 Å². The molecule has 1 aromatic rings. The van der Waals surface area contributed by atoms with Crippen molar-refractivity contribution < 1.29 is 13.6 Å². The van der Waals surface area contributed by atoms with Crippen molar-refractivity contribution in [3.8, 4) is 0 Å². The van der Waals surface area contributed by atoms with Crippen LogP contribution < -0.4 is 0 Å². The van der Waals surface area contributed by atoms with Crippen LogP contribution in [0.1, 0.15) is 29.8 Å². The van der Waals surface area contributed by atoms with Gasteiger partial charge in [0.2, 0.25) is 0 Å². The largest absolute Gasteiger partial charge is 0.339 e. The highest BCUT2D eigenvalue weighted by Crippen LogP contribution is 2.25. The number of amides is 1. The quantitative estimate of drug-likeness (QED) is 0.764. The molecule has 0 saturated heterocycles. The predicted octanol–water partition coefficient (Wildman–Crippen LogP) is 3.41. The monoisotopic (exact) mass is 261 g/mol. The van der Waals surface area contributed by atoms with E-state index in [0.29, 0.717) is 13.1 Å². The normalized spacial score (nSPS) is 10.5. The van der Waals surface area contributed by atoms with Crippen molar-refractivity contribution in [1.29, 1.82) is 0 Å². The summed E-state index contributed by atoms with van der Waals surface area (Å²) in [6.07, 6.45) is 0. The average Bonchev–Trinajstić information content (AvgIpc) is 2.32. The van der Waals surface area contributed by atoms with E-state index in [4.69, 9.17) is 11.6 Å². The molecule has 0 saturated carbocycles. The molecule has 0 aliphatic carbocycles. The van der Waals surface area contributed by atoms with Gasteiger partial charge in [0, 0.05) is 23.7 Å². The molecule has 1 amide bonds. The van der Waals surface area contributed by atoms with Gasteiger partial charge in [-0.1, -0.05) is 11.6 Å². The Morgan fingerprint density at radius 2 is 1.82 bits per heavy atom. The van der Waals surface area contributed by atoms with Crippen molar-refractivity contribution in [2.24, 2.45) is 0 Å². The maximum Gasteiger partial charge on any atom is 0.256 e. The SMILES string of the molecule is CCN(CC)C(=O)c1cc(Cl)c(C)c(F)c1F. The average molecular weight is 262 g/mol. The lowest BCUT2D eigenvalue weighted by Crippen LogP contribution is -2.31. The van der Waals surface area contributed by atoms with Gasteiger partial charge in [0.25, 0.3) is 5.91 Å². The summed E-state index contributed by atoms with van der Waals surface area (Å²) < 4.78 is 27.1. The third-order valence-corrected chi connectivity index (χ3v) is 3.06. The second-order valence-corrected chi connectivity index (χ2v) is 4.04. The van der Waals surface area contributed by atoms with Crippen molar-refractivity contribution in [3.63, 3.8) is 0 Å². The molecule has 0 N–H and O–H groups in total. The molecular weight excluding hydrogens is 248 g/mol. The van der Waals surface area contributed by atoms with E-state index in [9.17, 15) is 13.6 Å². The zero-order valence-corrected chi connectivity index (χ0v) is 10.7. The minimum absolute atomic E-state index is 0.0141. The van der Waals surface area contributed by atoms with Crippen LogP contribution in [0, 0.1) is 18.6 Å². The summed E-state index contributed by atoms with van der Waals surface area (Å²) in [6, 6.07) is 1.18. The number of nitrogens with zero attached hydrogens (tertiary/aromatic N) is 1. The fraction of sp³-hybridized carbons (Fsp3) is 0.417. The minimum atomic E-state index is -1.14. The highest BCUT2D eigenvalue weighted by atomic mass is 35.5. The number of halogens is 3. The second kappa shape index (κ2) is 5.45. The summed E-state index contributed by atoms with van der Waals surface area (Å²) in [5.74, 6) is -2.75. The smallest absolute Gasteiger partial charge is 0.256 e. The molecule has 0 bridgehead atoms. The second-order valence-electron chi connectivity index (χ2n) is 3.64. The Labute approximate surface area is 104 Å². The molecule has 94 valence electrons. The maximum absolute atomic E-state index is 13.6. The van der Waals surface area contributed by atoms with Crippen molar-refractivity contribution >= 4 is 17.5 Å². The number of carbonyl (C=O) groups excluding carboxylic acids is 1. The number of rotatable bonds is 3. The van der Waals surface area contributed by atoms with Gasteiger partial charge in [-0.25, -0.2) is 8.78 Å². The summed E-state index contributed by atoms with van der Waals surface area (Å²) in [7, 11) is 0. The first-order valence-corrected chi connectivity index (χ1v) is 5.75. The first-order chi connectivity index (χ1) is 7.93. The third kappa shape index (κ3) is 2.57. The van der Waals surface area contributed by atoms with E-state index in [2.05, 4.69) is 0 Å². The van der Waals surface area contributed by atoms with Crippen LogP contribution in [0.25, 0.3) is 0 Å². The lowest BCUT2D eigenvalue weighted by Gasteiger charge is -2.19. The molecule has 0 unspecified atom stereocenters. The Balaban J connectivity index is 3.28. The Morgan fingerprint density at radius 1 is 1.29 bits per heavy atom. The van der Waals surface area contributed by atoms with Crippen LogP contribution in [0.3, 0.4) is 0 Å². The molecule has 0 spiro atoms. The van der Waals surface area contributed by atoms with E-state index < -0.39 is 17.5 Å².